The van der Waals surface area contributed by atoms with E-state index >= 15 is 0 Å². The Bertz CT molecular complexity index is 331. The molecule has 0 bridgehead atoms. The van der Waals surface area contributed by atoms with Gasteiger partial charge in [0, 0.05) is 13.1 Å². The fourth-order valence-corrected chi connectivity index (χ4v) is 1.59. The van der Waals surface area contributed by atoms with Crippen molar-refractivity contribution in [2.75, 3.05) is 19.6 Å². The number of carboxylic acids is 1. The minimum Gasteiger partial charge on any atom is -0.480 e. The highest BCUT2D eigenvalue weighted by molar-refractivity contribution is 5.96. The van der Waals surface area contributed by atoms with Crippen molar-refractivity contribution >= 4 is 17.9 Å². The zero-order chi connectivity index (χ0) is 15.0. The second-order valence-electron chi connectivity index (χ2n) is 4.74. The fourth-order valence-electron chi connectivity index (χ4n) is 1.59. The lowest BCUT2D eigenvalue weighted by Crippen LogP contribution is -2.51. The third-order valence-corrected chi connectivity index (χ3v) is 2.44. The van der Waals surface area contributed by atoms with Gasteiger partial charge in [0.25, 0.3) is 0 Å². The van der Waals surface area contributed by atoms with Crippen LogP contribution in [-0.2, 0) is 9.59 Å². The zero-order valence-corrected chi connectivity index (χ0v) is 11.9. The molecular weight excluding hydrogens is 250 g/mol. The summed E-state index contributed by atoms with van der Waals surface area (Å²) >= 11 is 0. The maximum absolute atomic E-state index is 11.8. The summed E-state index contributed by atoms with van der Waals surface area (Å²) in [6, 6.07) is -1.25. The number of imide groups is 1. The molecule has 0 aliphatic carbocycles. The number of urea groups is 1. The average molecular weight is 273 g/mol. The first kappa shape index (κ1) is 17.4. The van der Waals surface area contributed by atoms with Crippen LogP contribution in [0.3, 0.4) is 0 Å². The van der Waals surface area contributed by atoms with Gasteiger partial charge in [-0.1, -0.05) is 13.8 Å². The summed E-state index contributed by atoms with van der Waals surface area (Å²) in [7, 11) is 0. The van der Waals surface area contributed by atoms with Gasteiger partial charge in [-0.3, -0.25) is 19.8 Å². The third kappa shape index (κ3) is 7.40. The van der Waals surface area contributed by atoms with E-state index in [-0.39, 0.29) is 12.5 Å². The SMILES string of the molecule is CCNC(=O)NC(=O)C(C)N(CC(=O)O)CC(C)C. The van der Waals surface area contributed by atoms with Gasteiger partial charge in [-0.15, -0.1) is 0 Å². The maximum Gasteiger partial charge on any atom is 0.321 e. The van der Waals surface area contributed by atoms with E-state index in [0.717, 1.165) is 0 Å². The van der Waals surface area contributed by atoms with Crippen LogP contribution < -0.4 is 10.6 Å². The van der Waals surface area contributed by atoms with Gasteiger partial charge in [0.05, 0.1) is 12.6 Å². The van der Waals surface area contributed by atoms with Gasteiger partial charge in [-0.25, -0.2) is 4.79 Å². The second kappa shape index (κ2) is 8.47. The standard InChI is InChI=1S/C12H23N3O4/c1-5-13-12(19)14-11(18)9(4)15(6-8(2)3)7-10(16)17/h8-9H,5-7H2,1-4H3,(H,16,17)(H2,13,14,18,19). The lowest BCUT2D eigenvalue weighted by molar-refractivity contribution is -0.139. The zero-order valence-electron chi connectivity index (χ0n) is 11.9. The number of nitrogens with one attached hydrogen (secondary N) is 2. The first-order valence-electron chi connectivity index (χ1n) is 6.32. The molecule has 1 unspecified atom stereocenters. The van der Waals surface area contributed by atoms with E-state index in [1.807, 2.05) is 13.8 Å². The number of nitrogens with zero attached hydrogens (tertiary/aromatic N) is 1. The van der Waals surface area contributed by atoms with E-state index in [2.05, 4.69) is 10.6 Å². The van der Waals surface area contributed by atoms with Crippen LogP contribution in [0.1, 0.15) is 27.7 Å². The van der Waals surface area contributed by atoms with Crippen LogP contribution in [0.15, 0.2) is 0 Å². The Balaban J connectivity index is 4.59. The third-order valence-electron chi connectivity index (χ3n) is 2.44. The topological polar surface area (TPSA) is 98.7 Å². The average Bonchev–Trinajstić information content (AvgIpc) is 2.25. The van der Waals surface area contributed by atoms with Gasteiger partial charge in [-0.05, 0) is 19.8 Å². The lowest BCUT2D eigenvalue weighted by atomic mass is 10.1. The van der Waals surface area contributed by atoms with Crippen LogP contribution in [0.2, 0.25) is 0 Å². The summed E-state index contributed by atoms with van der Waals surface area (Å²) in [6.07, 6.45) is 0. The fraction of sp³-hybridized carbons (Fsp3) is 0.750. The van der Waals surface area contributed by atoms with E-state index in [1.54, 1.807) is 13.8 Å². The first-order valence-corrected chi connectivity index (χ1v) is 6.32. The van der Waals surface area contributed by atoms with Gasteiger partial charge in [0.2, 0.25) is 5.91 Å². The Morgan fingerprint density at radius 3 is 2.21 bits per heavy atom. The molecule has 1 atom stereocenters. The summed E-state index contributed by atoms with van der Waals surface area (Å²) in [4.78, 5) is 35.4. The normalized spacial score (nSPS) is 12.3. The van der Waals surface area contributed by atoms with E-state index in [1.165, 1.54) is 4.90 Å². The summed E-state index contributed by atoms with van der Waals surface area (Å²) < 4.78 is 0. The highest BCUT2D eigenvalue weighted by Crippen LogP contribution is 2.04. The summed E-state index contributed by atoms with van der Waals surface area (Å²) in [6.45, 7) is 7.84. The van der Waals surface area contributed by atoms with Gasteiger partial charge in [0.1, 0.15) is 0 Å². The van der Waals surface area contributed by atoms with Crippen molar-refractivity contribution in [3.63, 3.8) is 0 Å². The molecule has 0 aliphatic heterocycles. The van der Waals surface area contributed by atoms with Crippen molar-refractivity contribution in [2.24, 2.45) is 5.92 Å². The van der Waals surface area contributed by atoms with Gasteiger partial charge >= 0.3 is 12.0 Å². The Labute approximate surface area is 113 Å². The second-order valence-corrected chi connectivity index (χ2v) is 4.74. The molecule has 0 spiro atoms. The highest BCUT2D eigenvalue weighted by atomic mass is 16.4. The molecule has 7 nitrogen and oxygen atoms in total. The van der Waals surface area contributed by atoms with E-state index in [9.17, 15) is 14.4 Å². The molecule has 19 heavy (non-hydrogen) atoms. The monoisotopic (exact) mass is 273 g/mol. The molecule has 7 heteroatoms. The Hall–Kier alpha value is -1.63. The Morgan fingerprint density at radius 1 is 1.21 bits per heavy atom. The Morgan fingerprint density at radius 2 is 1.79 bits per heavy atom. The van der Waals surface area contributed by atoms with E-state index < -0.39 is 23.9 Å². The Kier molecular flexibility index (Phi) is 7.74. The number of rotatable bonds is 7. The number of hydrogen-bond donors (Lipinski definition) is 3. The number of carbonyl (C=O) groups is 3. The van der Waals surface area contributed by atoms with Crippen molar-refractivity contribution in [2.45, 2.75) is 33.7 Å². The van der Waals surface area contributed by atoms with Crippen LogP contribution in [-0.4, -0.2) is 53.6 Å². The van der Waals surface area contributed by atoms with Crippen molar-refractivity contribution in [1.29, 1.82) is 0 Å². The molecule has 3 amide bonds. The smallest absolute Gasteiger partial charge is 0.321 e. The van der Waals surface area contributed by atoms with Gasteiger partial charge < -0.3 is 10.4 Å². The van der Waals surface area contributed by atoms with Crippen LogP contribution in [0.25, 0.3) is 0 Å². The molecule has 0 rings (SSSR count). The molecule has 110 valence electrons. The van der Waals surface area contributed by atoms with Crippen molar-refractivity contribution < 1.29 is 19.5 Å². The highest BCUT2D eigenvalue weighted by Gasteiger charge is 2.25. The van der Waals surface area contributed by atoms with E-state index in [4.69, 9.17) is 5.11 Å². The quantitative estimate of drug-likeness (QED) is 0.618. The molecule has 0 radical (unpaired) electrons. The molecule has 0 aromatic carbocycles. The van der Waals surface area contributed by atoms with Gasteiger partial charge in [-0.2, -0.15) is 0 Å². The molecule has 0 saturated carbocycles. The van der Waals surface area contributed by atoms with Gasteiger partial charge in [0.15, 0.2) is 0 Å². The number of aliphatic carboxylic acids is 1. The van der Waals surface area contributed by atoms with Crippen molar-refractivity contribution in [3.05, 3.63) is 0 Å². The molecule has 0 saturated heterocycles. The number of carbonyl (C=O) groups excluding carboxylic acids is 2. The minimum absolute atomic E-state index is 0.221. The van der Waals surface area contributed by atoms with Crippen LogP contribution >= 0.6 is 0 Å². The largest absolute Gasteiger partial charge is 0.480 e. The molecule has 0 aromatic heterocycles. The number of hydrogen-bond acceptors (Lipinski definition) is 4. The summed E-state index contributed by atoms with van der Waals surface area (Å²) in [5, 5.41) is 13.5. The number of carboxylic acid groups (broad SMARTS) is 1. The van der Waals surface area contributed by atoms with Crippen LogP contribution in [0, 0.1) is 5.92 Å². The molecule has 3 N–H and O–H groups in total. The van der Waals surface area contributed by atoms with Crippen LogP contribution in [0.5, 0.6) is 0 Å². The number of amides is 3. The minimum atomic E-state index is -1.00. The summed E-state index contributed by atoms with van der Waals surface area (Å²) in [5.41, 5.74) is 0. The van der Waals surface area contributed by atoms with E-state index in [0.29, 0.717) is 13.1 Å². The predicted molar refractivity (Wildman–Crippen MR) is 70.7 cm³/mol. The molecular formula is C12H23N3O4. The summed E-state index contributed by atoms with van der Waals surface area (Å²) in [5.74, 6) is -1.29. The predicted octanol–water partition coefficient (Wildman–Crippen LogP) is 0.263. The molecule has 0 heterocycles. The first-order chi connectivity index (χ1) is 8.77. The maximum atomic E-state index is 11.8. The molecule has 0 fully saturated rings. The van der Waals surface area contributed by atoms with Crippen LogP contribution in [0.4, 0.5) is 4.79 Å². The molecule has 0 aromatic rings. The van der Waals surface area contributed by atoms with Crippen molar-refractivity contribution in [3.8, 4) is 0 Å². The molecule has 0 aliphatic rings. The van der Waals surface area contributed by atoms with Crippen molar-refractivity contribution in [1.82, 2.24) is 15.5 Å². The lowest BCUT2D eigenvalue weighted by Gasteiger charge is -2.27.